The Kier molecular flexibility index (Phi) is 32.4. The van der Waals surface area contributed by atoms with Crippen LogP contribution in [0.3, 0.4) is 0 Å². The highest BCUT2D eigenvalue weighted by Crippen LogP contribution is 2.51. The summed E-state index contributed by atoms with van der Waals surface area (Å²) in [5.41, 5.74) is 1.61. The zero-order valence-electron chi connectivity index (χ0n) is 36.7. The van der Waals surface area contributed by atoms with Crippen LogP contribution in [0.25, 0.3) is 0 Å². The van der Waals surface area contributed by atoms with Gasteiger partial charge in [-0.2, -0.15) is 0 Å². The van der Waals surface area contributed by atoms with Crippen LogP contribution < -0.4 is 0 Å². The number of ether oxygens (including phenoxy) is 2. The van der Waals surface area contributed by atoms with E-state index in [-0.39, 0.29) is 38.8 Å². The van der Waals surface area contributed by atoms with E-state index in [9.17, 15) is 14.2 Å². The number of hydrogen-bond acceptors (Lipinski definition) is 8. The van der Waals surface area contributed by atoms with E-state index in [0.717, 1.165) is 49.7 Å². The summed E-state index contributed by atoms with van der Waals surface area (Å²) in [6, 6.07) is 18.7. The predicted octanol–water partition coefficient (Wildman–Crippen LogP) is 15.0. The zero-order valence-corrected chi connectivity index (χ0v) is 37.6. The summed E-state index contributed by atoms with van der Waals surface area (Å²) in [6.07, 6.45) is 31.4. The number of esters is 2. The molecule has 0 aliphatic carbocycles. The Hall–Kier alpha value is -2.51. The molecule has 0 fully saturated rings. The van der Waals surface area contributed by atoms with Gasteiger partial charge >= 0.3 is 19.8 Å². The van der Waals surface area contributed by atoms with Crippen LogP contribution in [-0.4, -0.2) is 31.3 Å². The van der Waals surface area contributed by atoms with Crippen LogP contribution in [-0.2, 0) is 50.4 Å². The van der Waals surface area contributed by atoms with Crippen LogP contribution in [0.4, 0.5) is 0 Å². The van der Waals surface area contributed by atoms with E-state index in [2.05, 4.69) is 13.8 Å². The topological polar surface area (TPSA) is 97.4 Å². The number of phosphoric ester groups is 1. The van der Waals surface area contributed by atoms with Gasteiger partial charge in [-0.05, 0) is 24.0 Å². The summed E-state index contributed by atoms with van der Waals surface area (Å²) >= 11 is 0. The molecule has 0 heterocycles. The molecule has 58 heavy (non-hydrogen) atoms. The highest BCUT2D eigenvalue weighted by Gasteiger charge is 2.30. The molecule has 0 amide bonds. The lowest BCUT2D eigenvalue weighted by Gasteiger charge is -2.22. The first kappa shape index (κ1) is 51.6. The number of carbonyl (C=O) groups excluding carboxylic acids is 2. The maximum Gasteiger partial charge on any atom is 0.475 e. The van der Waals surface area contributed by atoms with Gasteiger partial charge in [0.2, 0.25) is 0 Å². The van der Waals surface area contributed by atoms with Gasteiger partial charge in [-0.15, -0.1) is 0 Å². The number of carbonyl (C=O) groups is 2. The minimum Gasteiger partial charge on any atom is -0.462 e. The van der Waals surface area contributed by atoms with Crippen LogP contribution in [0.15, 0.2) is 60.7 Å². The number of hydrogen-bond donors (Lipinski definition) is 0. The summed E-state index contributed by atoms with van der Waals surface area (Å²) in [5.74, 6) is -0.737. The summed E-state index contributed by atoms with van der Waals surface area (Å²) in [7, 11) is -4.12. The normalized spacial score (nSPS) is 12.1. The fraction of sp³-hybridized carbons (Fsp3) is 0.714. The molecule has 0 unspecified atom stereocenters. The van der Waals surface area contributed by atoms with E-state index in [1.165, 1.54) is 128 Å². The highest BCUT2D eigenvalue weighted by atomic mass is 31.2. The van der Waals surface area contributed by atoms with Crippen molar-refractivity contribution in [1.29, 1.82) is 0 Å². The first-order valence-electron chi connectivity index (χ1n) is 23.4. The summed E-state index contributed by atoms with van der Waals surface area (Å²) < 4.78 is 42.6. The van der Waals surface area contributed by atoms with Crippen molar-refractivity contribution in [1.82, 2.24) is 0 Å². The third-order valence-corrected chi connectivity index (χ3v) is 11.9. The maximum absolute atomic E-state index is 13.9. The predicted molar refractivity (Wildman–Crippen MR) is 237 cm³/mol. The summed E-state index contributed by atoms with van der Waals surface area (Å²) in [6.45, 7) is 4.02. The van der Waals surface area contributed by atoms with Crippen molar-refractivity contribution < 1.29 is 37.2 Å². The third-order valence-electron chi connectivity index (χ3n) is 10.6. The van der Waals surface area contributed by atoms with Gasteiger partial charge in [-0.1, -0.05) is 229 Å². The molecule has 9 heteroatoms. The molecule has 0 spiro atoms. The smallest absolute Gasteiger partial charge is 0.462 e. The van der Waals surface area contributed by atoms with Crippen LogP contribution in [0.1, 0.15) is 205 Å². The van der Waals surface area contributed by atoms with Gasteiger partial charge in [0, 0.05) is 12.8 Å². The molecule has 0 saturated carbocycles. The molecular formula is C49H81O8P. The molecule has 2 aromatic rings. The number of phosphoric acid groups is 1. The average Bonchev–Trinajstić information content (AvgIpc) is 3.24. The average molecular weight is 829 g/mol. The molecule has 1 atom stereocenters. The zero-order chi connectivity index (χ0) is 41.6. The molecule has 2 aromatic carbocycles. The monoisotopic (exact) mass is 829 g/mol. The molecule has 0 aliphatic rings. The second-order valence-electron chi connectivity index (χ2n) is 16.0. The Morgan fingerprint density at radius 2 is 0.793 bits per heavy atom. The van der Waals surface area contributed by atoms with E-state index in [4.69, 9.17) is 23.0 Å². The lowest BCUT2D eigenvalue weighted by Crippen LogP contribution is -2.29. The van der Waals surface area contributed by atoms with E-state index in [1.54, 1.807) is 0 Å². The SMILES string of the molecule is CCCCCCCCCCCCCCCC(=O)OC[C@@H](COP(=O)(OCc1ccccc1)OCc1ccccc1)OC(=O)CCCCCCCCCCCCCCC. The number of unbranched alkanes of at least 4 members (excludes halogenated alkanes) is 24. The molecule has 330 valence electrons. The van der Waals surface area contributed by atoms with Crippen molar-refractivity contribution in [3.63, 3.8) is 0 Å². The van der Waals surface area contributed by atoms with Gasteiger partial charge in [0.15, 0.2) is 6.10 Å². The lowest BCUT2D eigenvalue weighted by molar-refractivity contribution is -0.161. The van der Waals surface area contributed by atoms with Gasteiger partial charge in [0.05, 0.1) is 19.8 Å². The van der Waals surface area contributed by atoms with Gasteiger partial charge in [0.1, 0.15) is 6.61 Å². The standard InChI is InChI=1S/C49H81O8P/c1-3-5-7-9-11-13-15-17-19-21-23-25-33-39-48(50)53-43-47(57-49(51)40-34-26-24-22-20-18-16-14-12-10-8-6-4-2)44-56-58(52,54-41-45-35-29-27-30-36-45)55-42-46-37-31-28-32-38-46/h27-32,35-38,47H,3-26,33-34,39-44H2,1-2H3/t47-/m0/s1. The van der Waals surface area contributed by atoms with E-state index < -0.39 is 19.9 Å². The summed E-state index contributed by atoms with van der Waals surface area (Å²) in [4.78, 5) is 25.8. The van der Waals surface area contributed by atoms with Crippen LogP contribution in [0.2, 0.25) is 0 Å². The van der Waals surface area contributed by atoms with Gasteiger partial charge in [-0.25, -0.2) is 4.57 Å². The van der Waals surface area contributed by atoms with E-state index in [0.29, 0.717) is 6.42 Å². The second kappa shape index (κ2) is 36.4. The second-order valence-corrected chi connectivity index (χ2v) is 17.7. The highest BCUT2D eigenvalue weighted by molar-refractivity contribution is 7.48. The Balaban J connectivity index is 1.81. The van der Waals surface area contributed by atoms with Crippen molar-refractivity contribution in [3.05, 3.63) is 71.8 Å². The lowest BCUT2D eigenvalue weighted by atomic mass is 10.0. The molecule has 0 aromatic heterocycles. The number of rotatable bonds is 40. The molecule has 0 saturated heterocycles. The Morgan fingerprint density at radius 1 is 0.448 bits per heavy atom. The maximum atomic E-state index is 13.9. The third kappa shape index (κ3) is 29.7. The number of benzene rings is 2. The van der Waals surface area contributed by atoms with Crippen molar-refractivity contribution in [3.8, 4) is 0 Å². The largest absolute Gasteiger partial charge is 0.475 e. The molecule has 0 radical (unpaired) electrons. The van der Waals surface area contributed by atoms with Crippen molar-refractivity contribution in [2.75, 3.05) is 13.2 Å². The van der Waals surface area contributed by atoms with Crippen molar-refractivity contribution >= 4 is 19.8 Å². The molecule has 0 N–H and O–H groups in total. The molecule has 2 rings (SSSR count). The first-order chi connectivity index (χ1) is 28.4. The molecule has 0 aliphatic heterocycles. The quantitative estimate of drug-likeness (QED) is 0.0372. The minimum absolute atomic E-state index is 0.00448. The Labute approximate surface area is 353 Å². The Bertz CT molecular complexity index is 1240. The molecule has 8 nitrogen and oxygen atoms in total. The van der Waals surface area contributed by atoms with Crippen LogP contribution >= 0.6 is 7.82 Å². The molecule has 0 bridgehead atoms. The van der Waals surface area contributed by atoms with Crippen molar-refractivity contribution in [2.24, 2.45) is 0 Å². The van der Waals surface area contributed by atoms with Crippen molar-refractivity contribution in [2.45, 2.75) is 213 Å². The minimum atomic E-state index is -4.12. The van der Waals surface area contributed by atoms with E-state index in [1.807, 2.05) is 60.7 Å². The van der Waals surface area contributed by atoms with Crippen LogP contribution in [0, 0.1) is 0 Å². The van der Waals surface area contributed by atoms with Crippen LogP contribution in [0.5, 0.6) is 0 Å². The Morgan fingerprint density at radius 3 is 1.17 bits per heavy atom. The van der Waals surface area contributed by atoms with Gasteiger partial charge in [0.25, 0.3) is 0 Å². The fourth-order valence-electron chi connectivity index (χ4n) is 6.94. The van der Waals surface area contributed by atoms with E-state index >= 15 is 0 Å². The fourth-order valence-corrected chi connectivity index (χ4v) is 8.12. The van der Waals surface area contributed by atoms with Gasteiger partial charge < -0.3 is 9.47 Å². The van der Waals surface area contributed by atoms with Gasteiger partial charge in [-0.3, -0.25) is 23.2 Å². The molecular weight excluding hydrogens is 748 g/mol. The summed E-state index contributed by atoms with van der Waals surface area (Å²) in [5, 5.41) is 0. The first-order valence-corrected chi connectivity index (χ1v) is 24.9.